The highest BCUT2D eigenvalue weighted by molar-refractivity contribution is 7.39. The van der Waals surface area contributed by atoms with Crippen LogP contribution in [0.15, 0.2) is 42.6 Å². The quantitative estimate of drug-likeness (QED) is 0.313. The van der Waals surface area contributed by atoms with Gasteiger partial charge in [-0.15, -0.1) is 0 Å². The number of unbranched alkanes of at least 4 members (excludes halogenated alkanes) is 1. The summed E-state index contributed by atoms with van der Waals surface area (Å²) in [5.41, 5.74) is 4.86. The smallest absolute Gasteiger partial charge is 0.327 e. The summed E-state index contributed by atoms with van der Waals surface area (Å²) < 4.78 is 4.72. The number of rotatable bonds is 11. The number of allylic oxidation sites excluding steroid dienone is 4. The van der Waals surface area contributed by atoms with Crippen LogP contribution in [0.5, 0.6) is 0 Å². The maximum Gasteiger partial charge on any atom is 0.327 e. The van der Waals surface area contributed by atoms with E-state index in [-0.39, 0.29) is 25.5 Å². The van der Waals surface area contributed by atoms with Crippen LogP contribution in [-0.4, -0.2) is 45.5 Å². The molecule has 0 radical (unpaired) electrons. The molecule has 1 aromatic heterocycles. The van der Waals surface area contributed by atoms with Gasteiger partial charge in [-0.1, -0.05) is 36.4 Å². The lowest BCUT2D eigenvalue weighted by Crippen LogP contribution is -2.26. The summed E-state index contributed by atoms with van der Waals surface area (Å²) in [4.78, 5) is 34.7. The van der Waals surface area contributed by atoms with Crippen LogP contribution in [0, 0.1) is 0 Å². The van der Waals surface area contributed by atoms with Crippen LogP contribution in [0.25, 0.3) is 16.5 Å². The van der Waals surface area contributed by atoms with Crippen LogP contribution in [-0.2, 0) is 22.2 Å². The van der Waals surface area contributed by atoms with Crippen molar-refractivity contribution in [2.75, 3.05) is 19.8 Å². The second-order valence-electron chi connectivity index (χ2n) is 7.40. The molecule has 7 nitrogen and oxygen atoms in total. The number of carbonyl (C=O) groups is 1. The maximum atomic E-state index is 12.6. The molecule has 0 saturated carbocycles. The van der Waals surface area contributed by atoms with Crippen molar-refractivity contribution in [3.8, 4) is 0 Å². The Morgan fingerprint density at radius 3 is 2.81 bits per heavy atom. The third kappa shape index (κ3) is 6.66. The molecule has 0 atom stereocenters. The molecule has 2 aromatic rings. The molecule has 4 N–H and O–H groups in total. The molecule has 8 heteroatoms. The van der Waals surface area contributed by atoms with Crippen LogP contribution in [0.2, 0.25) is 0 Å². The van der Waals surface area contributed by atoms with Gasteiger partial charge in [0.15, 0.2) is 0 Å². The van der Waals surface area contributed by atoms with E-state index in [1.54, 1.807) is 6.20 Å². The van der Waals surface area contributed by atoms with E-state index in [1.807, 2.05) is 18.2 Å². The highest BCUT2D eigenvalue weighted by Crippen LogP contribution is 2.32. The average molecular weight is 444 g/mol. The van der Waals surface area contributed by atoms with Gasteiger partial charge in [-0.2, -0.15) is 0 Å². The largest absolute Gasteiger partial charge is 0.396 e. The zero-order valence-corrected chi connectivity index (χ0v) is 18.4. The molecule has 1 aliphatic rings. The van der Waals surface area contributed by atoms with Crippen LogP contribution < -0.4 is 5.32 Å². The minimum absolute atomic E-state index is 0.0617. The fourth-order valence-corrected chi connectivity index (χ4v) is 4.05. The molecule has 31 heavy (non-hydrogen) atoms. The zero-order valence-electron chi connectivity index (χ0n) is 17.5. The van der Waals surface area contributed by atoms with E-state index in [0.29, 0.717) is 25.8 Å². The molecule has 0 fully saturated rings. The topological polar surface area (TPSA) is 112 Å². The molecule has 1 aromatic carbocycles. The van der Waals surface area contributed by atoms with E-state index < -0.39 is 8.60 Å². The Kier molecular flexibility index (Phi) is 9.13. The number of benzene rings is 1. The Labute approximate surface area is 183 Å². The fourth-order valence-electron chi connectivity index (χ4n) is 3.76. The average Bonchev–Trinajstić information content (AvgIpc) is 2.76. The number of aromatic nitrogens is 1. The van der Waals surface area contributed by atoms with Crippen molar-refractivity contribution in [2.45, 2.75) is 38.5 Å². The zero-order chi connectivity index (χ0) is 22.1. The van der Waals surface area contributed by atoms with E-state index in [9.17, 15) is 9.90 Å². The van der Waals surface area contributed by atoms with Gasteiger partial charge in [0.1, 0.15) is 0 Å². The van der Waals surface area contributed by atoms with Crippen molar-refractivity contribution in [1.82, 2.24) is 10.3 Å². The number of hydrogen-bond acceptors (Lipinski definition) is 6. The minimum atomic E-state index is -2.32. The normalized spacial score (nSPS) is 13.6. The highest BCUT2D eigenvalue weighted by Gasteiger charge is 2.17. The monoisotopic (exact) mass is 444 g/mol. The molecule has 0 unspecified atom stereocenters. The Morgan fingerprint density at radius 2 is 2.06 bits per heavy atom. The van der Waals surface area contributed by atoms with Crippen molar-refractivity contribution in [3.63, 3.8) is 0 Å². The van der Waals surface area contributed by atoms with Gasteiger partial charge in [0.2, 0.25) is 5.91 Å². The van der Waals surface area contributed by atoms with Crippen LogP contribution >= 0.6 is 8.60 Å². The first-order valence-corrected chi connectivity index (χ1v) is 11.7. The molecule has 3 rings (SSSR count). The van der Waals surface area contributed by atoms with Crippen molar-refractivity contribution in [3.05, 3.63) is 59.3 Å². The number of fused-ring (bicyclic) bond motifs is 1. The molecule has 0 saturated heterocycles. The number of aliphatic hydroxyl groups excluding tert-OH is 1. The second kappa shape index (κ2) is 12.0. The van der Waals surface area contributed by atoms with Gasteiger partial charge in [0.05, 0.1) is 18.5 Å². The number of nitrogens with zero attached hydrogens (tertiary/aromatic N) is 1. The third-order valence-electron chi connectivity index (χ3n) is 5.18. The van der Waals surface area contributed by atoms with Gasteiger partial charge in [-0.05, 0) is 54.4 Å². The lowest BCUT2D eigenvalue weighted by Gasteiger charge is -2.17. The van der Waals surface area contributed by atoms with Crippen LogP contribution in [0.1, 0.15) is 42.4 Å². The summed E-state index contributed by atoms with van der Waals surface area (Å²) in [5.74, 6) is -0.0817. The van der Waals surface area contributed by atoms with Gasteiger partial charge >= 0.3 is 8.60 Å². The molecule has 1 aliphatic carbocycles. The van der Waals surface area contributed by atoms with Gasteiger partial charge in [0.25, 0.3) is 0 Å². The van der Waals surface area contributed by atoms with Gasteiger partial charge in [0, 0.05) is 24.7 Å². The standard InChI is InChI=1S/C23H29N2O5P/c26-13-11-18-9-6-10-20-22(17-7-2-1-3-8-17)19(16-25-23(18)20)15-21(27)24-12-4-5-14-30-31(28)29/h2,6-10,16,26,28-29H,1,3-5,11-15H2,(H,24,27). The molecule has 1 heterocycles. The van der Waals surface area contributed by atoms with Crippen molar-refractivity contribution < 1.29 is 24.2 Å². The summed E-state index contributed by atoms with van der Waals surface area (Å²) >= 11 is 0. The van der Waals surface area contributed by atoms with Gasteiger partial charge in [-0.25, -0.2) is 0 Å². The first-order chi connectivity index (χ1) is 15.1. The van der Waals surface area contributed by atoms with Crippen molar-refractivity contribution in [2.24, 2.45) is 0 Å². The number of nitrogens with one attached hydrogen (secondary N) is 1. The third-order valence-corrected chi connectivity index (χ3v) is 5.59. The van der Waals surface area contributed by atoms with Gasteiger partial charge in [-0.3, -0.25) is 9.78 Å². The van der Waals surface area contributed by atoms with Crippen LogP contribution in [0.4, 0.5) is 0 Å². The summed E-state index contributed by atoms with van der Waals surface area (Å²) in [5, 5.41) is 13.3. The predicted molar refractivity (Wildman–Crippen MR) is 122 cm³/mol. The number of para-hydroxylation sites is 1. The highest BCUT2D eigenvalue weighted by atomic mass is 31.2. The Morgan fingerprint density at radius 1 is 1.19 bits per heavy atom. The first kappa shape index (κ1) is 23.5. The SMILES string of the molecule is O=C(Cc1cnc2c(CCO)cccc2c1C1=CCCC=C1)NCCCCOP(O)O. The van der Waals surface area contributed by atoms with Crippen molar-refractivity contribution >= 4 is 31.0 Å². The summed E-state index contributed by atoms with van der Waals surface area (Å²) in [6, 6.07) is 5.98. The number of amides is 1. The number of hydrogen-bond donors (Lipinski definition) is 4. The molecular formula is C23H29N2O5P. The lowest BCUT2D eigenvalue weighted by molar-refractivity contribution is -0.120. The molecule has 0 spiro atoms. The molecule has 0 bridgehead atoms. The van der Waals surface area contributed by atoms with E-state index in [2.05, 4.69) is 28.5 Å². The second-order valence-corrected chi connectivity index (χ2v) is 8.17. The van der Waals surface area contributed by atoms with Crippen molar-refractivity contribution in [1.29, 1.82) is 0 Å². The van der Waals surface area contributed by atoms with E-state index in [1.165, 1.54) is 0 Å². The Balaban J connectivity index is 1.77. The van der Waals surface area contributed by atoms with Crippen LogP contribution in [0.3, 0.4) is 0 Å². The first-order valence-electron chi connectivity index (χ1n) is 10.5. The number of aliphatic hydroxyl groups is 1. The Bertz CT molecular complexity index is 958. The summed E-state index contributed by atoms with van der Waals surface area (Å²) in [6.45, 7) is 0.812. The maximum absolute atomic E-state index is 12.6. The molecular weight excluding hydrogens is 415 g/mol. The van der Waals surface area contributed by atoms with E-state index in [4.69, 9.17) is 14.3 Å². The fraction of sp³-hybridized carbons (Fsp3) is 0.391. The lowest BCUT2D eigenvalue weighted by atomic mass is 9.90. The minimum Gasteiger partial charge on any atom is -0.396 e. The number of carbonyl (C=O) groups excluding carboxylic acids is 1. The predicted octanol–water partition coefficient (Wildman–Crippen LogP) is 3.17. The van der Waals surface area contributed by atoms with Gasteiger partial charge < -0.3 is 24.7 Å². The molecule has 1 amide bonds. The summed E-state index contributed by atoms with van der Waals surface area (Å²) in [6.07, 6.45) is 12.3. The summed E-state index contributed by atoms with van der Waals surface area (Å²) in [7, 11) is -2.32. The molecule has 0 aliphatic heterocycles. The van der Waals surface area contributed by atoms with E-state index in [0.717, 1.165) is 46.0 Å². The Hall–Kier alpha value is -2.15. The number of pyridine rings is 1. The van der Waals surface area contributed by atoms with E-state index >= 15 is 0 Å². The molecule has 166 valence electrons.